The summed E-state index contributed by atoms with van der Waals surface area (Å²) in [6, 6.07) is 9.62. The number of amides is 1. The zero-order chi connectivity index (χ0) is 13.2. The molecule has 2 N–H and O–H groups in total. The van der Waals surface area contributed by atoms with E-state index in [1.165, 1.54) is 11.1 Å². The van der Waals surface area contributed by atoms with Crippen LogP contribution in [0.25, 0.3) is 0 Å². The van der Waals surface area contributed by atoms with Crippen LogP contribution in [-0.4, -0.2) is 17.1 Å². The Balaban J connectivity index is 1.69. The number of fused-ring (bicyclic) bond motifs is 1. The van der Waals surface area contributed by atoms with Gasteiger partial charge in [-0.15, -0.1) is 0 Å². The zero-order valence-electron chi connectivity index (χ0n) is 10.6. The van der Waals surface area contributed by atoms with Crippen molar-refractivity contribution < 1.29 is 9.32 Å². The predicted octanol–water partition coefficient (Wildman–Crippen LogP) is 1.64. The Labute approximate surface area is 111 Å². The number of carbonyl (C=O) groups excluding carboxylic acids is 1. The maximum Gasteiger partial charge on any atom is 0.244 e. The number of nitrogens with zero attached hydrogens (tertiary/aromatic N) is 1. The number of hydrogen-bond acceptors (Lipinski definition) is 4. The molecule has 1 unspecified atom stereocenters. The summed E-state index contributed by atoms with van der Waals surface area (Å²) >= 11 is 0. The molecule has 1 aromatic heterocycles. The third-order valence-electron chi connectivity index (χ3n) is 3.27. The van der Waals surface area contributed by atoms with E-state index in [-0.39, 0.29) is 11.9 Å². The van der Waals surface area contributed by atoms with Crippen molar-refractivity contribution in [3.05, 3.63) is 47.2 Å². The van der Waals surface area contributed by atoms with E-state index in [0.717, 1.165) is 5.69 Å². The molecular weight excluding hydrogens is 242 g/mol. The van der Waals surface area contributed by atoms with Gasteiger partial charge in [-0.2, -0.15) is 0 Å². The Bertz CT molecular complexity index is 606. The molecule has 1 amide bonds. The van der Waals surface area contributed by atoms with Crippen LogP contribution in [0.15, 0.2) is 34.9 Å². The summed E-state index contributed by atoms with van der Waals surface area (Å²) in [5.41, 5.74) is 3.22. The number of rotatable bonds is 2. The molecule has 2 aromatic rings. The number of hydrogen-bond donors (Lipinski definition) is 2. The van der Waals surface area contributed by atoms with Crippen molar-refractivity contribution in [2.24, 2.45) is 0 Å². The molecule has 2 heterocycles. The van der Waals surface area contributed by atoms with E-state index >= 15 is 0 Å². The van der Waals surface area contributed by atoms with E-state index < -0.39 is 0 Å². The summed E-state index contributed by atoms with van der Waals surface area (Å²) in [6.07, 6.45) is 0.690. The van der Waals surface area contributed by atoms with Crippen LogP contribution in [0, 0.1) is 6.92 Å². The zero-order valence-corrected chi connectivity index (χ0v) is 10.6. The molecule has 19 heavy (non-hydrogen) atoms. The molecule has 5 heteroatoms. The van der Waals surface area contributed by atoms with Gasteiger partial charge in [0.1, 0.15) is 0 Å². The Morgan fingerprint density at radius 3 is 2.95 bits per heavy atom. The van der Waals surface area contributed by atoms with Crippen LogP contribution < -0.4 is 10.6 Å². The van der Waals surface area contributed by atoms with E-state index in [1.807, 2.05) is 19.1 Å². The number of aromatic nitrogens is 1. The van der Waals surface area contributed by atoms with Gasteiger partial charge in [-0.3, -0.25) is 10.1 Å². The second-order valence-corrected chi connectivity index (χ2v) is 4.73. The standard InChI is InChI=1S/C14H15N3O2/c1-9-6-13(19-17-9)16-14(18)12-7-10-4-2-3-5-11(10)8-15-12/h2-6,12,15H,7-8H2,1H3,(H,16,18). The number of benzene rings is 1. The average Bonchev–Trinajstić information content (AvgIpc) is 2.83. The van der Waals surface area contributed by atoms with Crippen molar-refractivity contribution in [2.45, 2.75) is 25.9 Å². The minimum Gasteiger partial charge on any atom is -0.338 e. The monoisotopic (exact) mass is 257 g/mol. The lowest BCUT2D eigenvalue weighted by Crippen LogP contribution is -2.44. The summed E-state index contributed by atoms with van der Waals surface area (Å²) in [7, 11) is 0. The Kier molecular flexibility index (Phi) is 3.05. The Morgan fingerprint density at radius 1 is 1.42 bits per heavy atom. The van der Waals surface area contributed by atoms with Gasteiger partial charge in [0.25, 0.3) is 0 Å². The van der Waals surface area contributed by atoms with Crippen LogP contribution in [0.1, 0.15) is 16.8 Å². The number of nitrogens with one attached hydrogen (secondary N) is 2. The summed E-state index contributed by atoms with van der Waals surface area (Å²) in [4.78, 5) is 12.1. The van der Waals surface area contributed by atoms with Crippen LogP contribution in [0.4, 0.5) is 5.88 Å². The number of aryl methyl sites for hydroxylation is 1. The topological polar surface area (TPSA) is 67.2 Å². The largest absolute Gasteiger partial charge is 0.338 e. The van der Waals surface area contributed by atoms with Crippen LogP contribution >= 0.6 is 0 Å². The van der Waals surface area contributed by atoms with Crippen LogP contribution in [0.5, 0.6) is 0 Å². The van der Waals surface area contributed by atoms with Gasteiger partial charge in [0.2, 0.25) is 11.8 Å². The van der Waals surface area contributed by atoms with Gasteiger partial charge >= 0.3 is 0 Å². The first-order valence-corrected chi connectivity index (χ1v) is 6.27. The first-order valence-electron chi connectivity index (χ1n) is 6.27. The van der Waals surface area contributed by atoms with Gasteiger partial charge in [-0.25, -0.2) is 0 Å². The molecular formula is C14H15N3O2. The third kappa shape index (κ3) is 2.51. The second kappa shape index (κ2) is 4.85. The first-order chi connectivity index (χ1) is 9.22. The highest BCUT2D eigenvalue weighted by atomic mass is 16.5. The van der Waals surface area contributed by atoms with Crippen molar-refractivity contribution in [2.75, 3.05) is 5.32 Å². The molecule has 98 valence electrons. The fraction of sp³-hybridized carbons (Fsp3) is 0.286. The predicted molar refractivity (Wildman–Crippen MR) is 70.6 cm³/mol. The highest BCUT2D eigenvalue weighted by Gasteiger charge is 2.24. The summed E-state index contributed by atoms with van der Waals surface area (Å²) < 4.78 is 4.99. The second-order valence-electron chi connectivity index (χ2n) is 4.73. The minimum absolute atomic E-state index is 0.0920. The molecule has 1 aliphatic heterocycles. The lowest BCUT2D eigenvalue weighted by Gasteiger charge is -2.24. The molecule has 0 spiro atoms. The van der Waals surface area contributed by atoms with Gasteiger partial charge < -0.3 is 9.84 Å². The van der Waals surface area contributed by atoms with Gasteiger partial charge in [0, 0.05) is 12.6 Å². The molecule has 0 bridgehead atoms. The highest BCUT2D eigenvalue weighted by Crippen LogP contribution is 2.17. The quantitative estimate of drug-likeness (QED) is 0.858. The first kappa shape index (κ1) is 11.9. The Morgan fingerprint density at radius 2 is 2.21 bits per heavy atom. The van der Waals surface area contributed by atoms with Crippen molar-refractivity contribution >= 4 is 11.8 Å². The summed E-state index contributed by atoms with van der Waals surface area (Å²) in [5.74, 6) is 0.300. The summed E-state index contributed by atoms with van der Waals surface area (Å²) in [6.45, 7) is 2.53. The maximum absolute atomic E-state index is 12.1. The van der Waals surface area contributed by atoms with Crippen molar-refractivity contribution in [1.82, 2.24) is 10.5 Å². The molecule has 5 nitrogen and oxygen atoms in total. The molecule has 3 rings (SSSR count). The van der Waals surface area contributed by atoms with E-state index in [9.17, 15) is 4.79 Å². The van der Waals surface area contributed by atoms with Crippen LogP contribution in [0.3, 0.4) is 0 Å². The van der Waals surface area contributed by atoms with E-state index in [1.54, 1.807) is 6.07 Å². The van der Waals surface area contributed by atoms with Gasteiger partial charge in [0.05, 0.1) is 11.7 Å². The van der Waals surface area contributed by atoms with E-state index in [2.05, 4.69) is 27.9 Å². The normalized spacial score (nSPS) is 17.8. The fourth-order valence-electron chi connectivity index (χ4n) is 2.27. The van der Waals surface area contributed by atoms with E-state index in [0.29, 0.717) is 18.8 Å². The Hall–Kier alpha value is -2.14. The highest BCUT2D eigenvalue weighted by molar-refractivity contribution is 5.94. The molecule has 0 fully saturated rings. The van der Waals surface area contributed by atoms with Gasteiger partial charge in [-0.05, 0) is 24.5 Å². The van der Waals surface area contributed by atoms with Gasteiger partial charge in [-0.1, -0.05) is 29.4 Å². The van der Waals surface area contributed by atoms with Gasteiger partial charge in [0.15, 0.2) is 0 Å². The number of anilines is 1. The lowest BCUT2D eigenvalue weighted by atomic mass is 9.95. The molecule has 1 atom stereocenters. The van der Waals surface area contributed by atoms with Crippen molar-refractivity contribution in [1.29, 1.82) is 0 Å². The lowest BCUT2D eigenvalue weighted by molar-refractivity contribution is -0.118. The van der Waals surface area contributed by atoms with Crippen molar-refractivity contribution in [3.63, 3.8) is 0 Å². The molecule has 1 aliphatic rings. The molecule has 0 aliphatic carbocycles. The smallest absolute Gasteiger partial charge is 0.244 e. The molecule has 0 saturated carbocycles. The minimum atomic E-state index is -0.236. The fourth-order valence-corrected chi connectivity index (χ4v) is 2.27. The SMILES string of the molecule is Cc1cc(NC(=O)C2Cc3ccccc3CN2)on1. The molecule has 1 aromatic carbocycles. The van der Waals surface area contributed by atoms with E-state index in [4.69, 9.17) is 4.52 Å². The summed E-state index contributed by atoms with van der Waals surface area (Å²) in [5, 5.41) is 9.70. The van der Waals surface area contributed by atoms with Crippen molar-refractivity contribution in [3.8, 4) is 0 Å². The third-order valence-corrected chi connectivity index (χ3v) is 3.27. The van der Waals surface area contributed by atoms with Crippen LogP contribution in [-0.2, 0) is 17.8 Å². The molecule has 0 saturated heterocycles. The maximum atomic E-state index is 12.1. The number of carbonyl (C=O) groups is 1. The average molecular weight is 257 g/mol. The molecule has 0 radical (unpaired) electrons. The van der Waals surface area contributed by atoms with Crippen LogP contribution in [0.2, 0.25) is 0 Å².